The third kappa shape index (κ3) is 2.06. The van der Waals surface area contributed by atoms with E-state index >= 15 is 0 Å². The predicted molar refractivity (Wildman–Crippen MR) is 66.0 cm³/mol. The topological polar surface area (TPSA) is 18.5 Å². The van der Waals surface area contributed by atoms with Gasteiger partial charge in [0, 0.05) is 0 Å². The number of benzene rings is 1. The van der Waals surface area contributed by atoms with Crippen molar-refractivity contribution in [3.05, 3.63) is 29.8 Å². The van der Waals surface area contributed by atoms with E-state index in [1.165, 1.54) is 18.4 Å². The Kier molecular flexibility index (Phi) is 3.50. The number of methoxy groups -OCH3 is 2. The van der Waals surface area contributed by atoms with Gasteiger partial charge in [0.1, 0.15) is 11.5 Å². The number of rotatable bonds is 3. The zero-order chi connectivity index (χ0) is 11.4. The van der Waals surface area contributed by atoms with Crippen molar-refractivity contribution in [1.82, 2.24) is 0 Å². The predicted octanol–water partition coefficient (Wildman–Crippen LogP) is 3.66. The van der Waals surface area contributed by atoms with Gasteiger partial charge in [0.05, 0.1) is 19.8 Å². The van der Waals surface area contributed by atoms with Crippen LogP contribution in [0.2, 0.25) is 0 Å². The Morgan fingerprint density at radius 3 is 2.19 bits per heavy atom. The molecule has 2 nitrogen and oxygen atoms in total. The average molecular weight is 218 g/mol. The van der Waals surface area contributed by atoms with Gasteiger partial charge in [-0.25, -0.2) is 0 Å². The molecule has 0 spiro atoms. The minimum absolute atomic E-state index is 0.910. The minimum atomic E-state index is 0.910. The molecule has 0 saturated carbocycles. The third-order valence-corrected chi connectivity index (χ3v) is 3.04. The molecule has 0 amide bonds. The monoisotopic (exact) mass is 218 g/mol. The number of hydrogen-bond donors (Lipinski definition) is 0. The van der Waals surface area contributed by atoms with Crippen molar-refractivity contribution in [3.63, 3.8) is 0 Å². The summed E-state index contributed by atoms with van der Waals surface area (Å²) in [6, 6.07) is 5.95. The molecule has 0 atom stereocenters. The highest BCUT2D eigenvalue weighted by Crippen LogP contribution is 2.38. The number of ether oxygens (including phenoxy) is 2. The Morgan fingerprint density at radius 2 is 1.69 bits per heavy atom. The van der Waals surface area contributed by atoms with Gasteiger partial charge in [-0.15, -0.1) is 0 Å². The Labute approximate surface area is 96.9 Å². The molecule has 2 rings (SSSR count). The van der Waals surface area contributed by atoms with Crippen LogP contribution in [0.15, 0.2) is 24.3 Å². The van der Waals surface area contributed by atoms with Crippen LogP contribution in [-0.2, 0) is 0 Å². The maximum Gasteiger partial charge on any atom is 0.130 e. The van der Waals surface area contributed by atoms with E-state index in [0.29, 0.717) is 0 Å². The molecule has 16 heavy (non-hydrogen) atoms. The molecule has 0 radical (unpaired) electrons. The number of allylic oxidation sites excluding steroid dienone is 2. The van der Waals surface area contributed by atoms with Crippen LogP contribution in [0.4, 0.5) is 0 Å². The Bertz CT molecular complexity index is 371. The highest BCUT2D eigenvalue weighted by molar-refractivity contribution is 5.75. The van der Waals surface area contributed by atoms with E-state index in [9.17, 15) is 0 Å². The summed E-state index contributed by atoms with van der Waals surface area (Å²) >= 11 is 0. The van der Waals surface area contributed by atoms with Crippen LogP contribution in [0.3, 0.4) is 0 Å². The van der Waals surface area contributed by atoms with Crippen molar-refractivity contribution in [2.75, 3.05) is 14.2 Å². The molecule has 1 aromatic rings. The maximum atomic E-state index is 5.42. The van der Waals surface area contributed by atoms with Crippen LogP contribution in [0, 0.1) is 0 Å². The fraction of sp³-hybridized carbons (Fsp3) is 0.429. The average Bonchev–Trinajstić information content (AvgIpc) is 2.38. The maximum absolute atomic E-state index is 5.42. The van der Waals surface area contributed by atoms with E-state index in [2.05, 4.69) is 6.08 Å². The molecule has 1 aliphatic carbocycles. The Hall–Kier alpha value is -1.44. The van der Waals surface area contributed by atoms with Crippen LogP contribution in [0.25, 0.3) is 5.57 Å². The quantitative estimate of drug-likeness (QED) is 0.770. The zero-order valence-corrected chi connectivity index (χ0v) is 9.95. The molecular formula is C14H18O2. The summed E-state index contributed by atoms with van der Waals surface area (Å²) in [7, 11) is 3.42. The molecule has 2 heteroatoms. The third-order valence-electron chi connectivity index (χ3n) is 3.04. The lowest BCUT2D eigenvalue weighted by molar-refractivity contribution is 0.391. The van der Waals surface area contributed by atoms with Crippen molar-refractivity contribution >= 4 is 5.57 Å². The normalized spacial score (nSPS) is 15.5. The molecule has 0 unspecified atom stereocenters. The molecule has 0 saturated heterocycles. The summed E-state index contributed by atoms with van der Waals surface area (Å²) in [6.45, 7) is 0. The SMILES string of the molecule is COc1cccc(OC)c1C1=CCCCC1. The van der Waals surface area contributed by atoms with Crippen molar-refractivity contribution in [3.8, 4) is 11.5 Å². The van der Waals surface area contributed by atoms with Crippen molar-refractivity contribution < 1.29 is 9.47 Å². The summed E-state index contributed by atoms with van der Waals surface area (Å²) in [5.74, 6) is 1.82. The van der Waals surface area contributed by atoms with E-state index in [-0.39, 0.29) is 0 Å². The van der Waals surface area contributed by atoms with Gasteiger partial charge in [0.2, 0.25) is 0 Å². The fourth-order valence-corrected chi connectivity index (χ4v) is 2.23. The van der Waals surface area contributed by atoms with Gasteiger partial charge in [0.15, 0.2) is 0 Å². The zero-order valence-electron chi connectivity index (χ0n) is 9.95. The smallest absolute Gasteiger partial charge is 0.130 e. The highest BCUT2D eigenvalue weighted by atomic mass is 16.5. The van der Waals surface area contributed by atoms with Gasteiger partial charge in [-0.05, 0) is 43.4 Å². The summed E-state index contributed by atoms with van der Waals surface area (Å²) in [5, 5.41) is 0. The summed E-state index contributed by atoms with van der Waals surface area (Å²) in [6.07, 6.45) is 7.14. The Balaban J connectivity index is 2.47. The highest BCUT2D eigenvalue weighted by Gasteiger charge is 2.15. The van der Waals surface area contributed by atoms with E-state index in [1.54, 1.807) is 14.2 Å². The van der Waals surface area contributed by atoms with Gasteiger partial charge >= 0.3 is 0 Å². The van der Waals surface area contributed by atoms with E-state index in [0.717, 1.165) is 29.9 Å². The van der Waals surface area contributed by atoms with Crippen LogP contribution in [0.1, 0.15) is 31.2 Å². The van der Waals surface area contributed by atoms with Crippen molar-refractivity contribution in [1.29, 1.82) is 0 Å². The van der Waals surface area contributed by atoms with Crippen LogP contribution in [-0.4, -0.2) is 14.2 Å². The summed E-state index contributed by atoms with van der Waals surface area (Å²) in [4.78, 5) is 0. The second kappa shape index (κ2) is 5.06. The van der Waals surface area contributed by atoms with Crippen molar-refractivity contribution in [2.24, 2.45) is 0 Å². The lowest BCUT2D eigenvalue weighted by atomic mass is 9.92. The molecule has 0 aliphatic heterocycles. The van der Waals surface area contributed by atoms with Crippen LogP contribution in [0.5, 0.6) is 11.5 Å². The first-order valence-electron chi connectivity index (χ1n) is 5.77. The van der Waals surface area contributed by atoms with E-state index in [1.807, 2.05) is 18.2 Å². The second-order valence-corrected chi connectivity index (χ2v) is 4.01. The molecular weight excluding hydrogens is 200 g/mol. The minimum Gasteiger partial charge on any atom is -0.496 e. The number of hydrogen-bond acceptors (Lipinski definition) is 2. The van der Waals surface area contributed by atoms with E-state index < -0.39 is 0 Å². The fourth-order valence-electron chi connectivity index (χ4n) is 2.23. The van der Waals surface area contributed by atoms with Gasteiger partial charge in [0.25, 0.3) is 0 Å². The van der Waals surface area contributed by atoms with Gasteiger partial charge in [-0.3, -0.25) is 0 Å². The standard InChI is InChI=1S/C14H18O2/c1-15-12-9-6-10-13(16-2)14(12)11-7-4-3-5-8-11/h6-7,9-10H,3-5,8H2,1-2H3. The summed E-state index contributed by atoms with van der Waals surface area (Å²) in [5.41, 5.74) is 2.49. The first kappa shape index (κ1) is 11.1. The molecule has 86 valence electrons. The van der Waals surface area contributed by atoms with Gasteiger partial charge in [-0.1, -0.05) is 12.1 Å². The Morgan fingerprint density at radius 1 is 1.00 bits per heavy atom. The second-order valence-electron chi connectivity index (χ2n) is 4.01. The molecule has 0 bridgehead atoms. The van der Waals surface area contributed by atoms with Gasteiger partial charge < -0.3 is 9.47 Å². The van der Waals surface area contributed by atoms with Gasteiger partial charge in [-0.2, -0.15) is 0 Å². The summed E-state index contributed by atoms with van der Waals surface area (Å²) < 4.78 is 10.8. The van der Waals surface area contributed by atoms with Crippen LogP contribution < -0.4 is 9.47 Å². The lowest BCUT2D eigenvalue weighted by Gasteiger charge is -2.18. The molecule has 1 aromatic carbocycles. The molecule has 0 aromatic heterocycles. The molecule has 0 heterocycles. The molecule has 0 fully saturated rings. The lowest BCUT2D eigenvalue weighted by Crippen LogP contribution is -1.99. The molecule has 0 N–H and O–H groups in total. The first-order chi connectivity index (χ1) is 7.86. The largest absolute Gasteiger partial charge is 0.496 e. The van der Waals surface area contributed by atoms with Crippen molar-refractivity contribution in [2.45, 2.75) is 25.7 Å². The van der Waals surface area contributed by atoms with Crippen LogP contribution >= 0.6 is 0 Å². The molecule has 1 aliphatic rings. The van der Waals surface area contributed by atoms with E-state index in [4.69, 9.17) is 9.47 Å². The first-order valence-corrected chi connectivity index (χ1v) is 5.77.